The average molecular weight is 283 g/mol. The summed E-state index contributed by atoms with van der Waals surface area (Å²) in [5.74, 6) is 0.927. The average Bonchev–Trinajstić information content (AvgIpc) is 2.72. The van der Waals surface area contributed by atoms with Crippen molar-refractivity contribution in [1.82, 2.24) is 0 Å². The van der Waals surface area contributed by atoms with Gasteiger partial charge in [-0.05, 0) is 23.4 Å². The number of thioether (sulfide) groups is 1. The van der Waals surface area contributed by atoms with E-state index >= 15 is 0 Å². The summed E-state index contributed by atoms with van der Waals surface area (Å²) in [5, 5.41) is 0. The van der Waals surface area contributed by atoms with Gasteiger partial charge in [-0.3, -0.25) is 4.79 Å². The van der Waals surface area contributed by atoms with E-state index in [4.69, 9.17) is 0 Å². The molecule has 20 heavy (non-hydrogen) atoms. The van der Waals surface area contributed by atoms with Crippen molar-refractivity contribution in [2.75, 3.05) is 24.0 Å². The van der Waals surface area contributed by atoms with Gasteiger partial charge in [0.1, 0.15) is 5.41 Å². The second kappa shape index (κ2) is 4.98. The van der Waals surface area contributed by atoms with Crippen molar-refractivity contribution >= 4 is 23.4 Å². The first-order valence-electron chi connectivity index (χ1n) is 6.64. The molecule has 0 spiro atoms. The third kappa shape index (κ3) is 1.70. The second-order valence-electron chi connectivity index (χ2n) is 5.09. The fourth-order valence-corrected chi connectivity index (χ4v) is 3.96. The molecule has 3 heteroatoms. The molecule has 0 bridgehead atoms. The lowest BCUT2D eigenvalue weighted by molar-refractivity contribution is -0.120. The predicted octanol–water partition coefficient (Wildman–Crippen LogP) is 3.31. The summed E-state index contributed by atoms with van der Waals surface area (Å²) in [7, 11) is 1.87. The molecule has 2 nitrogen and oxygen atoms in total. The van der Waals surface area contributed by atoms with Crippen molar-refractivity contribution < 1.29 is 4.79 Å². The molecule has 1 heterocycles. The minimum Gasteiger partial charge on any atom is -0.314 e. The summed E-state index contributed by atoms with van der Waals surface area (Å²) < 4.78 is 0. The van der Waals surface area contributed by atoms with Gasteiger partial charge in [0, 0.05) is 18.5 Å². The summed E-state index contributed by atoms with van der Waals surface area (Å²) in [6, 6.07) is 18.2. The molecular weight excluding hydrogens is 266 g/mol. The number of hydrogen-bond acceptors (Lipinski definition) is 2. The highest BCUT2D eigenvalue weighted by Crippen LogP contribution is 2.46. The van der Waals surface area contributed by atoms with E-state index in [-0.39, 0.29) is 5.91 Å². The molecule has 0 aliphatic carbocycles. The van der Waals surface area contributed by atoms with Crippen LogP contribution in [0.4, 0.5) is 5.69 Å². The maximum atomic E-state index is 13.0. The molecule has 1 atom stereocenters. The monoisotopic (exact) mass is 283 g/mol. The van der Waals surface area contributed by atoms with E-state index < -0.39 is 5.41 Å². The fourth-order valence-electron chi connectivity index (χ4n) is 3.08. The standard InChI is InChI=1S/C17H17NOS/c1-18-15-11-7-6-10-14(15)17(12-20-2,16(18)19)13-8-4-3-5-9-13/h3-11H,12H2,1-2H3/t17-/m0/s1. The Labute approximate surface area is 123 Å². The van der Waals surface area contributed by atoms with Crippen LogP contribution in [0.3, 0.4) is 0 Å². The van der Waals surface area contributed by atoms with Crippen LogP contribution in [0.1, 0.15) is 11.1 Å². The van der Waals surface area contributed by atoms with Crippen molar-refractivity contribution in [3.05, 3.63) is 65.7 Å². The van der Waals surface area contributed by atoms with E-state index in [0.717, 1.165) is 22.6 Å². The van der Waals surface area contributed by atoms with Crippen molar-refractivity contribution in [2.45, 2.75) is 5.41 Å². The number of carbonyl (C=O) groups excluding carboxylic acids is 1. The first kappa shape index (κ1) is 13.3. The van der Waals surface area contributed by atoms with E-state index in [1.165, 1.54) is 0 Å². The highest BCUT2D eigenvalue weighted by atomic mass is 32.2. The van der Waals surface area contributed by atoms with Gasteiger partial charge >= 0.3 is 0 Å². The number of anilines is 1. The van der Waals surface area contributed by atoms with Gasteiger partial charge in [0.05, 0.1) is 0 Å². The van der Waals surface area contributed by atoms with E-state index in [9.17, 15) is 4.79 Å². The minimum atomic E-state index is -0.550. The zero-order valence-corrected chi connectivity index (χ0v) is 12.5. The van der Waals surface area contributed by atoms with Crippen molar-refractivity contribution in [3.63, 3.8) is 0 Å². The Morgan fingerprint density at radius 3 is 2.40 bits per heavy atom. The van der Waals surface area contributed by atoms with E-state index in [2.05, 4.69) is 24.5 Å². The van der Waals surface area contributed by atoms with Gasteiger partial charge in [0.2, 0.25) is 5.91 Å². The fraction of sp³-hybridized carbons (Fsp3) is 0.235. The van der Waals surface area contributed by atoms with Gasteiger partial charge in [-0.15, -0.1) is 0 Å². The summed E-state index contributed by atoms with van der Waals surface area (Å²) in [4.78, 5) is 14.8. The summed E-state index contributed by atoms with van der Waals surface area (Å²) in [5.41, 5.74) is 2.67. The molecule has 2 aromatic rings. The smallest absolute Gasteiger partial charge is 0.242 e. The van der Waals surface area contributed by atoms with Gasteiger partial charge in [0.15, 0.2) is 0 Å². The number of hydrogen-bond donors (Lipinski definition) is 0. The van der Waals surface area contributed by atoms with Gasteiger partial charge in [0.25, 0.3) is 0 Å². The van der Waals surface area contributed by atoms with Crippen LogP contribution in [-0.4, -0.2) is 25.0 Å². The number of nitrogens with zero attached hydrogens (tertiary/aromatic N) is 1. The molecule has 0 saturated carbocycles. The first-order chi connectivity index (χ1) is 9.71. The van der Waals surface area contributed by atoms with Crippen molar-refractivity contribution in [3.8, 4) is 0 Å². The van der Waals surface area contributed by atoms with Gasteiger partial charge in [-0.25, -0.2) is 0 Å². The Balaban J connectivity index is 2.28. The Morgan fingerprint density at radius 2 is 1.70 bits per heavy atom. The SMILES string of the molecule is CSC[C@@]1(c2ccccc2)C(=O)N(C)c2ccccc21. The molecule has 1 aliphatic rings. The van der Waals surface area contributed by atoms with Crippen LogP contribution >= 0.6 is 11.8 Å². The first-order valence-corrected chi connectivity index (χ1v) is 8.03. The third-order valence-corrected chi connectivity index (χ3v) is 4.74. The maximum Gasteiger partial charge on any atom is 0.242 e. The highest BCUT2D eigenvalue weighted by molar-refractivity contribution is 7.98. The molecule has 3 rings (SSSR count). The van der Waals surface area contributed by atoms with Crippen LogP contribution in [0, 0.1) is 0 Å². The van der Waals surface area contributed by atoms with Crippen LogP contribution in [0.15, 0.2) is 54.6 Å². The number of rotatable bonds is 3. The van der Waals surface area contributed by atoms with Crippen LogP contribution in [0.25, 0.3) is 0 Å². The Bertz CT molecular complexity index is 640. The molecule has 0 unspecified atom stereocenters. The molecule has 0 fully saturated rings. The lowest BCUT2D eigenvalue weighted by atomic mass is 9.77. The topological polar surface area (TPSA) is 20.3 Å². The predicted molar refractivity (Wildman–Crippen MR) is 85.5 cm³/mol. The van der Waals surface area contributed by atoms with Crippen LogP contribution in [0.5, 0.6) is 0 Å². The number of carbonyl (C=O) groups is 1. The van der Waals surface area contributed by atoms with Crippen LogP contribution in [0.2, 0.25) is 0 Å². The molecule has 2 aromatic carbocycles. The molecule has 0 aromatic heterocycles. The van der Waals surface area contributed by atoms with Gasteiger partial charge in [-0.1, -0.05) is 48.5 Å². The van der Waals surface area contributed by atoms with Gasteiger partial charge in [-0.2, -0.15) is 11.8 Å². The highest BCUT2D eigenvalue weighted by Gasteiger charge is 2.50. The van der Waals surface area contributed by atoms with Crippen molar-refractivity contribution in [1.29, 1.82) is 0 Å². The quantitative estimate of drug-likeness (QED) is 0.861. The van der Waals surface area contributed by atoms with Gasteiger partial charge < -0.3 is 4.90 Å². The molecule has 102 valence electrons. The lowest BCUT2D eigenvalue weighted by Gasteiger charge is -2.28. The number of likely N-dealkylation sites (N-methyl/N-ethyl adjacent to an activating group) is 1. The summed E-state index contributed by atoms with van der Waals surface area (Å²) in [6.07, 6.45) is 2.05. The maximum absolute atomic E-state index is 13.0. The van der Waals surface area contributed by atoms with E-state index in [1.54, 1.807) is 16.7 Å². The Hall–Kier alpha value is -1.74. The Morgan fingerprint density at radius 1 is 1.05 bits per heavy atom. The normalized spacial score (nSPS) is 21.1. The van der Waals surface area contributed by atoms with E-state index in [1.807, 2.05) is 43.4 Å². The molecule has 1 aliphatic heterocycles. The molecule has 0 radical (unpaired) electrons. The second-order valence-corrected chi connectivity index (χ2v) is 5.95. The summed E-state index contributed by atoms with van der Waals surface area (Å²) >= 11 is 1.71. The minimum absolute atomic E-state index is 0.166. The lowest BCUT2D eigenvalue weighted by Crippen LogP contribution is -2.41. The molecule has 0 saturated heterocycles. The van der Waals surface area contributed by atoms with E-state index in [0.29, 0.717) is 0 Å². The number of benzene rings is 2. The number of amides is 1. The molecule has 1 amide bonds. The zero-order chi connectivity index (χ0) is 14.2. The van der Waals surface area contributed by atoms with Crippen LogP contribution < -0.4 is 4.90 Å². The van der Waals surface area contributed by atoms with Crippen LogP contribution in [-0.2, 0) is 10.2 Å². The number of para-hydroxylation sites is 1. The Kier molecular flexibility index (Phi) is 3.30. The number of fused-ring (bicyclic) bond motifs is 1. The molecular formula is C17H17NOS. The third-order valence-electron chi connectivity index (χ3n) is 4.02. The summed E-state index contributed by atoms with van der Waals surface area (Å²) in [6.45, 7) is 0. The zero-order valence-electron chi connectivity index (χ0n) is 11.7. The van der Waals surface area contributed by atoms with Crippen molar-refractivity contribution in [2.24, 2.45) is 0 Å². The largest absolute Gasteiger partial charge is 0.314 e. The molecule has 0 N–H and O–H groups in total.